The highest BCUT2D eigenvalue weighted by molar-refractivity contribution is 6.22. The van der Waals surface area contributed by atoms with Gasteiger partial charge in [0, 0.05) is 49.5 Å². The summed E-state index contributed by atoms with van der Waals surface area (Å²) in [5.41, 5.74) is 13.6. The number of aromatic nitrogens is 5. The van der Waals surface area contributed by atoms with Crippen LogP contribution in [-0.2, 0) is 0 Å². The Morgan fingerprint density at radius 2 is 0.810 bits per heavy atom. The van der Waals surface area contributed by atoms with E-state index in [1.54, 1.807) is 0 Å². The van der Waals surface area contributed by atoms with E-state index in [0.29, 0.717) is 17.5 Å². The molecule has 5 nitrogen and oxygen atoms in total. The van der Waals surface area contributed by atoms with Crippen molar-refractivity contribution in [1.29, 1.82) is 0 Å². The van der Waals surface area contributed by atoms with Gasteiger partial charge in [0.15, 0.2) is 17.5 Å². The minimum atomic E-state index is 0.612. The van der Waals surface area contributed by atoms with Gasteiger partial charge < -0.3 is 4.57 Å². The quantitative estimate of drug-likeness (QED) is 0.151. The molecule has 0 radical (unpaired) electrons. The van der Waals surface area contributed by atoms with Crippen LogP contribution in [0.1, 0.15) is 0 Å². The van der Waals surface area contributed by atoms with E-state index in [1.807, 2.05) is 36.4 Å². The zero-order valence-corrected chi connectivity index (χ0v) is 34.1. The van der Waals surface area contributed by atoms with Gasteiger partial charge in [-0.15, -0.1) is 0 Å². The Balaban J connectivity index is 1.09. The fraction of sp³-hybridized carbons (Fsp3) is 0. The Bertz CT molecular complexity index is 3660. The second-order valence-corrected chi connectivity index (χ2v) is 15.8. The summed E-state index contributed by atoms with van der Waals surface area (Å²) in [5, 5.41) is 5.74. The molecule has 0 aliphatic rings. The average Bonchev–Trinajstić information content (AvgIpc) is 3.70. The van der Waals surface area contributed by atoms with Gasteiger partial charge in [0.2, 0.25) is 0 Å². The molecule has 5 heteroatoms. The third kappa shape index (κ3) is 6.42. The Hall–Kier alpha value is -8.54. The second-order valence-electron chi connectivity index (χ2n) is 15.8. The summed E-state index contributed by atoms with van der Waals surface area (Å²) in [5.74, 6) is 1.86. The fourth-order valence-corrected chi connectivity index (χ4v) is 9.07. The smallest absolute Gasteiger partial charge is 0.164 e. The van der Waals surface area contributed by atoms with E-state index < -0.39 is 0 Å². The lowest BCUT2D eigenvalue weighted by molar-refractivity contribution is 1.07. The minimum absolute atomic E-state index is 0.612. The summed E-state index contributed by atoms with van der Waals surface area (Å²) in [6.07, 6.45) is 0. The number of hydrogen-bond acceptors (Lipinski definition) is 4. The monoisotopic (exact) mass is 803 g/mol. The molecule has 294 valence electrons. The van der Waals surface area contributed by atoms with Crippen molar-refractivity contribution in [1.82, 2.24) is 24.5 Å². The topological polar surface area (TPSA) is 56.5 Å². The van der Waals surface area contributed by atoms with E-state index in [1.165, 1.54) is 10.8 Å². The first-order chi connectivity index (χ1) is 31.2. The Kier molecular flexibility index (Phi) is 8.75. The molecule has 63 heavy (non-hydrogen) atoms. The van der Waals surface area contributed by atoms with Gasteiger partial charge in [0.1, 0.15) is 0 Å². The first kappa shape index (κ1) is 36.3. The molecule has 0 atom stereocenters. The summed E-state index contributed by atoms with van der Waals surface area (Å²) >= 11 is 0. The number of para-hydroxylation sites is 2. The predicted molar refractivity (Wildman–Crippen MR) is 260 cm³/mol. The molecule has 0 saturated heterocycles. The minimum Gasteiger partial charge on any atom is -0.309 e. The Morgan fingerprint density at radius 3 is 1.51 bits per heavy atom. The lowest BCUT2D eigenvalue weighted by Crippen LogP contribution is -2.00. The summed E-state index contributed by atoms with van der Waals surface area (Å²) in [6, 6.07) is 78.7. The SMILES string of the molecule is c1ccc(-c2cccc(-c3nc(-c4ccccc4)nc(-c4cccc(-c5cccc6c5c5cc7c(-c8ccccc8)nc8ccccc8c7cc5n6-c5ccccc5)c4)n3)c2)cc1. The van der Waals surface area contributed by atoms with Crippen molar-refractivity contribution in [2.45, 2.75) is 0 Å². The molecular formula is C58H37N5. The lowest BCUT2D eigenvalue weighted by atomic mass is 9.95. The Labute approximate surface area is 364 Å². The van der Waals surface area contributed by atoms with Crippen LogP contribution in [0, 0.1) is 0 Å². The van der Waals surface area contributed by atoms with Crippen LogP contribution in [0.5, 0.6) is 0 Å². The van der Waals surface area contributed by atoms with Crippen molar-refractivity contribution in [2.24, 2.45) is 0 Å². The third-order valence-electron chi connectivity index (χ3n) is 12.0. The van der Waals surface area contributed by atoms with E-state index in [0.717, 1.165) is 88.6 Å². The van der Waals surface area contributed by atoms with E-state index >= 15 is 0 Å². The molecule has 12 rings (SSSR count). The summed E-state index contributed by atoms with van der Waals surface area (Å²) in [4.78, 5) is 20.7. The highest BCUT2D eigenvalue weighted by atomic mass is 15.0. The van der Waals surface area contributed by atoms with Crippen LogP contribution in [0.3, 0.4) is 0 Å². The number of nitrogens with zero attached hydrogens (tertiary/aromatic N) is 5. The van der Waals surface area contributed by atoms with Gasteiger partial charge >= 0.3 is 0 Å². The maximum absolute atomic E-state index is 5.30. The third-order valence-corrected chi connectivity index (χ3v) is 12.0. The Morgan fingerprint density at radius 1 is 0.286 bits per heavy atom. The maximum Gasteiger partial charge on any atom is 0.164 e. The van der Waals surface area contributed by atoms with E-state index in [4.69, 9.17) is 19.9 Å². The summed E-state index contributed by atoms with van der Waals surface area (Å²) < 4.78 is 2.41. The predicted octanol–water partition coefficient (Wildman–Crippen LogP) is 14.7. The van der Waals surface area contributed by atoms with Crippen LogP contribution in [0.15, 0.2) is 224 Å². The van der Waals surface area contributed by atoms with Gasteiger partial charge in [-0.3, -0.25) is 0 Å². The molecule has 0 aliphatic heterocycles. The van der Waals surface area contributed by atoms with Crippen LogP contribution in [0.2, 0.25) is 0 Å². The highest BCUT2D eigenvalue weighted by Crippen LogP contribution is 2.43. The van der Waals surface area contributed by atoms with Crippen molar-refractivity contribution in [2.75, 3.05) is 0 Å². The molecule has 0 aliphatic carbocycles. The normalized spacial score (nSPS) is 11.5. The number of benzene rings is 9. The number of hydrogen-bond donors (Lipinski definition) is 0. The van der Waals surface area contributed by atoms with Gasteiger partial charge in [-0.25, -0.2) is 19.9 Å². The van der Waals surface area contributed by atoms with Crippen molar-refractivity contribution in [3.63, 3.8) is 0 Å². The molecule has 3 heterocycles. The molecule has 0 spiro atoms. The van der Waals surface area contributed by atoms with Gasteiger partial charge in [-0.05, 0) is 76.2 Å². The molecule has 0 fully saturated rings. The van der Waals surface area contributed by atoms with Gasteiger partial charge in [-0.1, -0.05) is 176 Å². The van der Waals surface area contributed by atoms with Crippen molar-refractivity contribution in [3.05, 3.63) is 224 Å². The number of fused-ring (bicyclic) bond motifs is 6. The largest absolute Gasteiger partial charge is 0.309 e. The molecule has 0 unspecified atom stereocenters. The molecule has 3 aromatic heterocycles. The van der Waals surface area contributed by atoms with Crippen molar-refractivity contribution >= 4 is 43.5 Å². The molecule has 12 aromatic rings. The second kappa shape index (κ2) is 15.2. The molecule has 0 amide bonds. The molecular weight excluding hydrogens is 767 g/mol. The van der Waals surface area contributed by atoms with Crippen LogP contribution >= 0.6 is 0 Å². The standard InChI is InChI=1S/C58H37N5/c1-5-18-38(19-6-1)41-24-15-26-43(34-41)57-60-56(40-22-9-3-10-23-40)61-58(62-57)44-27-16-25-42(35-44)46-31-17-33-52-54(46)50-36-49-48(37-53(50)63(52)45-28-11-4-12-29-45)47-30-13-14-32-51(47)59-55(49)39-20-7-2-8-21-39/h1-37H. The van der Waals surface area contributed by atoms with Gasteiger partial charge in [0.05, 0.1) is 22.2 Å². The lowest BCUT2D eigenvalue weighted by Gasteiger charge is -2.12. The molecule has 0 bridgehead atoms. The maximum atomic E-state index is 5.30. The van der Waals surface area contributed by atoms with E-state index in [9.17, 15) is 0 Å². The number of pyridine rings is 1. The first-order valence-electron chi connectivity index (χ1n) is 21.2. The van der Waals surface area contributed by atoms with E-state index in [-0.39, 0.29) is 0 Å². The molecule has 0 saturated carbocycles. The zero-order valence-electron chi connectivity index (χ0n) is 34.1. The number of rotatable bonds is 7. The first-order valence-corrected chi connectivity index (χ1v) is 21.2. The highest BCUT2D eigenvalue weighted by Gasteiger charge is 2.21. The average molecular weight is 804 g/mol. The van der Waals surface area contributed by atoms with Crippen LogP contribution in [-0.4, -0.2) is 24.5 Å². The van der Waals surface area contributed by atoms with E-state index in [2.05, 4.69) is 193 Å². The molecule has 0 N–H and O–H groups in total. The van der Waals surface area contributed by atoms with Gasteiger partial charge in [0.25, 0.3) is 0 Å². The fourth-order valence-electron chi connectivity index (χ4n) is 9.07. The molecule has 9 aromatic carbocycles. The van der Waals surface area contributed by atoms with Gasteiger partial charge in [-0.2, -0.15) is 0 Å². The van der Waals surface area contributed by atoms with Crippen molar-refractivity contribution < 1.29 is 0 Å². The van der Waals surface area contributed by atoms with Crippen molar-refractivity contribution in [3.8, 4) is 73.4 Å². The zero-order chi connectivity index (χ0) is 41.7. The van der Waals surface area contributed by atoms with Crippen LogP contribution in [0.4, 0.5) is 0 Å². The summed E-state index contributed by atoms with van der Waals surface area (Å²) in [7, 11) is 0. The van der Waals surface area contributed by atoms with Crippen LogP contribution in [0.25, 0.3) is 117 Å². The van der Waals surface area contributed by atoms with Crippen LogP contribution < -0.4 is 0 Å². The summed E-state index contributed by atoms with van der Waals surface area (Å²) in [6.45, 7) is 0.